The Morgan fingerprint density at radius 3 is 1.50 bits per heavy atom. The largest absolute Gasteiger partial charge is 0.397 e. The van der Waals surface area contributed by atoms with E-state index in [0.29, 0.717) is 0 Å². The van der Waals surface area contributed by atoms with Crippen molar-refractivity contribution in [3.8, 4) is 0 Å². The third-order valence-electron chi connectivity index (χ3n) is 4.40. The van der Waals surface area contributed by atoms with Crippen LogP contribution in [0.5, 0.6) is 0 Å². The van der Waals surface area contributed by atoms with Crippen LogP contribution in [0.4, 0.5) is 0 Å². The molecular weight excluding hydrogens is 312 g/mol. The highest BCUT2D eigenvalue weighted by atomic mass is 28.4. The molecule has 0 spiro atoms. The van der Waals surface area contributed by atoms with Crippen molar-refractivity contribution in [3.63, 3.8) is 0 Å². The van der Waals surface area contributed by atoms with Gasteiger partial charge >= 0.3 is 17.1 Å². The van der Waals surface area contributed by atoms with Crippen LogP contribution < -0.4 is 0 Å². The Morgan fingerprint density at radius 2 is 1.23 bits per heavy atom. The molecule has 0 rings (SSSR count). The first-order valence-electron chi connectivity index (χ1n) is 7.98. The third-order valence-corrected chi connectivity index (χ3v) is 14.2. The minimum absolute atomic E-state index is 0.174. The van der Waals surface area contributed by atoms with Gasteiger partial charge in [-0.1, -0.05) is 38.3 Å². The first kappa shape index (κ1) is 21.8. The van der Waals surface area contributed by atoms with Crippen molar-refractivity contribution in [2.24, 2.45) is 0 Å². The van der Waals surface area contributed by atoms with E-state index in [1.165, 1.54) is 12.8 Å². The Kier molecular flexibility index (Phi) is 11.2. The van der Waals surface area contributed by atoms with Gasteiger partial charge in [0.1, 0.15) is 0 Å². The second-order valence-corrected chi connectivity index (χ2v) is 13.1. The maximum Gasteiger partial charge on any atom is 0.346 e. The van der Waals surface area contributed by atoms with Crippen molar-refractivity contribution in [1.82, 2.24) is 0 Å². The zero-order chi connectivity index (χ0) is 17.1. The zero-order valence-corrected chi connectivity index (χ0v) is 17.0. The molecule has 0 aromatic rings. The summed E-state index contributed by atoms with van der Waals surface area (Å²) in [5.74, 6) is 0. The van der Waals surface area contributed by atoms with Gasteiger partial charge in [0.2, 0.25) is 0 Å². The number of unbranched alkanes of at least 4 members (excludes halogenated alkanes) is 2. The lowest BCUT2D eigenvalue weighted by atomic mass is 10.2. The number of allylic oxidation sites excluding steroid dienone is 2. The van der Waals surface area contributed by atoms with E-state index in [1.807, 2.05) is 12.2 Å². The van der Waals surface area contributed by atoms with Gasteiger partial charge in [-0.25, -0.2) is 0 Å². The smallest absolute Gasteiger partial charge is 0.346 e. The molecule has 0 fully saturated rings. The summed E-state index contributed by atoms with van der Waals surface area (Å²) in [6.45, 7) is 9.98. The molecule has 130 valence electrons. The zero-order valence-electron chi connectivity index (χ0n) is 15.0. The second-order valence-electron chi connectivity index (χ2n) is 5.47. The molecule has 0 amide bonds. The fraction of sp³-hybridized carbons (Fsp3) is 0.750. The predicted octanol–water partition coefficient (Wildman–Crippen LogP) is 4.32. The molecule has 0 heterocycles. The van der Waals surface area contributed by atoms with Gasteiger partial charge in [0.05, 0.1) is 0 Å². The number of rotatable bonds is 14. The van der Waals surface area contributed by atoms with Crippen LogP contribution in [0.1, 0.15) is 32.6 Å². The molecule has 6 heteroatoms. The second kappa shape index (κ2) is 11.3. The maximum absolute atomic E-state index is 5.96. The Bertz CT molecular complexity index is 289. The monoisotopic (exact) mass is 346 g/mol. The molecule has 0 unspecified atom stereocenters. The van der Waals surface area contributed by atoms with Crippen molar-refractivity contribution in [2.75, 3.05) is 28.4 Å². The van der Waals surface area contributed by atoms with Crippen LogP contribution >= 0.6 is 0 Å². The van der Waals surface area contributed by atoms with Crippen molar-refractivity contribution in [2.45, 2.75) is 49.9 Å². The summed E-state index contributed by atoms with van der Waals surface area (Å²) < 4.78 is 23.8. The lowest BCUT2D eigenvalue weighted by molar-refractivity contribution is 0.201. The first-order valence-corrected chi connectivity index (χ1v) is 12.2. The SMILES string of the molecule is C=CC[Si](OC)(OC)C(CCCCC)[Si](CC=C)(OC)OC. The minimum atomic E-state index is -2.49. The highest BCUT2D eigenvalue weighted by Crippen LogP contribution is 2.42. The van der Waals surface area contributed by atoms with Gasteiger partial charge in [-0.3, -0.25) is 0 Å². The van der Waals surface area contributed by atoms with Crippen molar-refractivity contribution in [1.29, 1.82) is 0 Å². The van der Waals surface area contributed by atoms with Crippen LogP contribution in [-0.2, 0) is 17.7 Å². The molecule has 0 radical (unpaired) electrons. The fourth-order valence-electron chi connectivity index (χ4n) is 3.13. The molecule has 0 aromatic carbocycles. The van der Waals surface area contributed by atoms with Gasteiger partial charge < -0.3 is 17.7 Å². The van der Waals surface area contributed by atoms with Gasteiger partial charge in [-0.2, -0.15) is 0 Å². The average Bonchev–Trinajstić information content (AvgIpc) is 2.55. The molecule has 0 saturated carbocycles. The number of hydrogen-bond donors (Lipinski definition) is 0. The van der Waals surface area contributed by atoms with Crippen LogP contribution in [0.3, 0.4) is 0 Å². The Hall–Kier alpha value is -0.246. The standard InChI is InChI=1S/C16H34O4Si2/c1-8-11-12-13-16(21(17-4,18-5)14-9-2)22(19-6,20-7)15-10-3/h9-10,16H,2-3,8,11-15H2,1,4-7H3. The molecule has 0 aliphatic rings. The molecule has 0 atom stereocenters. The van der Waals surface area contributed by atoms with E-state index in [0.717, 1.165) is 24.9 Å². The van der Waals surface area contributed by atoms with Gasteiger partial charge in [-0.05, 0) is 6.42 Å². The lowest BCUT2D eigenvalue weighted by Crippen LogP contribution is -2.59. The summed E-state index contributed by atoms with van der Waals surface area (Å²) in [4.78, 5) is 0. The molecule has 22 heavy (non-hydrogen) atoms. The van der Waals surface area contributed by atoms with Gasteiger partial charge in [0.15, 0.2) is 0 Å². The minimum Gasteiger partial charge on any atom is -0.397 e. The van der Waals surface area contributed by atoms with Crippen LogP contribution in [0.25, 0.3) is 0 Å². The van der Waals surface area contributed by atoms with Gasteiger partial charge in [0, 0.05) is 45.7 Å². The fourth-order valence-corrected chi connectivity index (χ4v) is 12.7. The average molecular weight is 347 g/mol. The van der Waals surface area contributed by atoms with Crippen LogP contribution in [-0.4, -0.2) is 45.6 Å². The maximum atomic E-state index is 5.96. The molecule has 4 nitrogen and oxygen atoms in total. The topological polar surface area (TPSA) is 36.9 Å². The lowest BCUT2D eigenvalue weighted by Gasteiger charge is -2.43. The van der Waals surface area contributed by atoms with E-state index in [4.69, 9.17) is 17.7 Å². The summed E-state index contributed by atoms with van der Waals surface area (Å²) in [6, 6.07) is 1.46. The van der Waals surface area contributed by atoms with E-state index in [1.54, 1.807) is 28.4 Å². The predicted molar refractivity (Wildman–Crippen MR) is 97.4 cm³/mol. The summed E-state index contributed by atoms with van der Waals surface area (Å²) in [7, 11) is 1.98. The third kappa shape index (κ3) is 5.14. The summed E-state index contributed by atoms with van der Waals surface area (Å²) in [5.41, 5.74) is 0. The van der Waals surface area contributed by atoms with E-state index in [-0.39, 0.29) is 5.16 Å². The van der Waals surface area contributed by atoms with Crippen LogP contribution in [0, 0.1) is 0 Å². The molecular formula is C16H34O4Si2. The normalized spacial score (nSPS) is 12.6. The van der Waals surface area contributed by atoms with Gasteiger partial charge in [-0.15, -0.1) is 13.2 Å². The molecule has 0 N–H and O–H groups in total. The van der Waals surface area contributed by atoms with E-state index in [2.05, 4.69) is 20.1 Å². The van der Waals surface area contributed by atoms with Crippen LogP contribution in [0.2, 0.25) is 17.3 Å². The van der Waals surface area contributed by atoms with Crippen molar-refractivity contribution in [3.05, 3.63) is 25.3 Å². The first-order chi connectivity index (χ1) is 10.6. The molecule has 0 saturated heterocycles. The highest BCUT2D eigenvalue weighted by molar-refractivity contribution is 6.88. The van der Waals surface area contributed by atoms with Crippen molar-refractivity contribution >= 4 is 17.1 Å². The molecule has 0 aliphatic carbocycles. The Balaban J connectivity index is 5.72. The summed E-state index contributed by atoms with van der Waals surface area (Å²) in [5, 5.41) is 0.174. The van der Waals surface area contributed by atoms with Crippen molar-refractivity contribution < 1.29 is 17.7 Å². The summed E-state index contributed by atoms with van der Waals surface area (Å²) in [6.07, 6.45) is 8.28. The van der Waals surface area contributed by atoms with E-state index < -0.39 is 17.1 Å². The van der Waals surface area contributed by atoms with Crippen LogP contribution in [0.15, 0.2) is 25.3 Å². The Labute approximate surface area is 139 Å². The molecule has 0 aromatic heterocycles. The highest BCUT2D eigenvalue weighted by Gasteiger charge is 2.57. The molecule has 0 bridgehead atoms. The van der Waals surface area contributed by atoms with Gasteiger partial charge in [0.25, 0.3) is 0 Å². The quantitative estimate of drug-likeness (QED) is 0.267. The summed E-state index contributed by atoms with van der Waals surface area (Å²) >= 11 is 0. The Morgan fingerprint density at radius 1 is 0.818 bits per heavy atom. The van der Waals surface area contributed by atoms with E-state index >= 15 is 0 Å². The number of hydrogen-bond acceptors (Lipinski definition) is 4. The molecule has 0 aliphatic heterocycles. The van der Waals surface area contributed by atoms with E-state index in [9.17, 15) is 0 Å².